The molecular formula is C8H16O5. The van der Waals surface area contributed by atoms with Gasteiger partial charge in [-0.05, 0) is 20.8 Å². The molecule has 1 fully saturated rings. The lowest BCUT2D eigenvalue weighted by molar-refractivity contribution is -0.356. The molecule has 0 aliphatic carbocycles. The van der Waals surface area contributed by atoms with Crippen LogP contribution in [-0.2, 0) is 4.74 Å². The van der Waals surface area contributed by atoms with Crippen molar-refractivity contribution in [3.05, 3.63) is 0 Å². The van der Waals surface area contributed by atoms with Gasteiger partial charge < -0.3 is 25.2 Å². The molecule has 5 nitrogen and oxygen atoms in total. The Balaban J connectivity index is 3.07. The lowest BCUT2D eigenvalue weighted by atomic mass is 9.72. The van der Waals surface area contributed by atoms with Gasteiger partial charge in [0.2, 0.25) is 0 Å². The SMILES string of the molecule is C[C@@]1(O)[C@@](C)(O)[C@H](O)OC[C@@]1(C)O. The lowest BCUT2D eigenvalue weighted by Gasteiger charge is -2.52. The summed E-state index contributed by atoms with van der Waals surface area (Å²) in [5.41, 5.74) is -5.30. The largest absolute Gasteiger partial charge is 0.385 e. The second-order valence-electron chi connectivity index (χ2n) is 4.16. The predicted molar refractivity (Wildman–Crippen MR) is 43.8 cm³/mol. The quantitative estimate of drug-likeness (QED) is 0.378. The first-order valence-electron chi connectivity index (χ1n) is 4.10. The van der Waals surface area contributed by atoms with Gasteiger partial charge in [-0.2, -0.15) is 0 Å². The molecule has 0 bridgehead atoms. The minimum absolute atomic E-state index is 0.225. The molecule has 0 aromatic heterocycles. The van der Waals surface area contributed by atoms with E-state index in [-0.39, 0.29) is 6.61 Å². The molecule has 4 N–H and O–H groups in total. The summed E-state index contributed by atoms with van der Waals surface area (Å²) in [5.74, 6) is 0. The summed E-state index contributed by atoms with van der Waals surface area (Å²) in [6, 6.07) is 0. The number of rotatable bonds is 0. The van der Waals surface area contributed by atoms with Gasteiger partial charge in [-0.3, -0.25) is 0 Å². The minimum Gasteiger partial charge on any atom is -0.385 e. The van der Waals surface area contributed by atoms with E-state index >= 15 is 0 Å². The van der Waals surface area contributed by atoms with Crippen LogP contribution in [0.3, 0.4) is 0 Å². The van der Waals surface area contributed by atoms with Crippen molar-refractivity contribution < 1.29 is 25.2 Å². The van der Waals surface area contributed by atoms with Gasteiger partial charge in [-0.1, -0.05) is 0 Å². The lowest BCUT2D eigenvalue weighted by Crippen LogP contribution is -2.73. The molecule has 1 heterocycles. The average molecular weight is 192 g/mol. The molecule has 0 radical (unpaired) electrons. The van der Waals surface area contributed by atoms with Gasteiger partial charge in [0.05, 0.1) is 6.61 Å². The number of aliphatic hydroxyl groups is 4. The second kappa shape index (κ2) is 2.65. The van der Waals surface area contributed by atoms with E-state index in [2.05, 4.69) is 0 Å². The molecule has 0 spiro atoms. The van der Waals surface area contributed by atoms with E-state index in [1.54, 1.807) is 0 Å². The number of hydrogen-bond acceptors (Lipinski definition) is 5. The fraction of sp³-hybridized carbons (Fsp3) is 1.00. The Labute approximate surface area is 76.6 Å². The predicted octanol–water partition coefficient (Wildman–Crippen LogP) is -1.41. The molecule has 0 aromatic rings. The Kier molecular flexibility index (Phi) is 2.22. The van der Waals surface area contributed by atoms with Gasteiger partial charge in [0.15, 0.2) is 6.29 Å². The van der Waals surface area contributed by atoms with Crippen molar-refractivity contribution in [3.63, 3.8) is 0 Å². The van der Waals surface area contributed by atoms with Crippen molar-refractivity contribution in [2.75, 3.05) is 6.61 Å². The van der Waals surface area contributed by atoms with E-state index in [4.69, 9.17) is 4.74 Å². The zero-order valence-electron chi connectivity index (χ0n) is 7.98. The second-order valence-corrected chi connectivity index (χ2v) is 4.16. The van der Waals surface area contributed by atoms with Crippen LogP contribution in [0.2, 0.25) is 0 Å². The first-order chi connectivity index (χ1) is 5.63. The normalized spacial score (nSPS) is 57.9. The highest BCUT2D eigenvalue weighted by Crippen LogP contribution is 2.39. The Bertz CT molecular complexity index is 209. The Hall–Kier alpha value is -0.200. The molecule has 13 heavy (non-hydrogen) atoms. The molecular weight excluding hydrogens is 176 g/mol. The maximum atomic E-state index is 9.86. The number of ether oxygens (including phenoxy) is 1. The third-order valence-corrected chi connectivity index (χ3v) is 3.04. The molecule has 0 saturated carbocycles. The van der Waals surface area contributed by atoms with Gasteiger partial charge in [-0.15, -0.1) is 0 Å². The molecule has 5 heteroatoms. The highest BCUT2D eigenvalue weighted by molar-refractivity contribution is 5.09. The fourth-order valence-electron chi connectivity index (χ4n) is 1.33. The van der Waals surface area contributed by atoms with E-state index in [0.717, 1.165) is 0 Å². The zero-order chi connectivity index (χ0) is 10.5. The Morgan fingerprint density at radius 1 is 1.15 bits per heavy atom. The topological polar surface area (TPSA) is 90.2 Å². The molecule has 0 aromatic carbocycles. The van der Waals surface area contributed by atoms with Gasteiger partial charge in [-0.25, -0.2) is 0 Å². The Morgan fingerprint density at radius 3 is 2.00 bits per heavy atom. The van der Waals surface area contributed by atoms with Gasteiger partial charge in [0, 0.05) is 0 Å². The summed E-state index contributed by atoms with van der Waals surface area (Å²) in [4.78, 5) is 0. The zero-order valence-corrected chi connectivity index (χ0v) is 7.98. The van der Waals surface area contributed by atoms with Crippen LogP contribution < -0.4 is 0 Å². The first kappa shape index (κ1) is 10.9. The number of hydrogen-bond donors (Lipinski definition) is 4. The third kappa shape index (κ3) is 1.28. The van der Waals surface area contributed by atoms with Gasteiger partial charge >= 0.3 is 0 Å². The smallest absolute Gasteiger partial charge is 0.186 e. The molecule has 1 saturated heterocycles. The molecule has 0 unspecified atom stereocenters. The molecule has 1 aliphatic heterocycles. The highest BCUT2D eigenvalue weighted by Gasteiger charge is 2.61. The van der Waals surface area contributed by atoms with Crippen LogP contribution in [0.5, 0.6) is 0 Å². The fourth-order valence-corrected chi connectivity index (χ4v) is 1.33. The van der Waals surface area contributed by atoms with Crippen LogP contribution in [0.4, 0.5) is 0 Å². The van der Waals surface area contributed by atoms with Crippen LogP contribution in [0.1, 0.15) is 20.8 Å². The van der Waals surface area contributed by atoms with E-state index in [0.29, 0.717) is 0 Å². The van der Waals surface area contributed by atoms with Crippen molar-refractivity contribution in [2.45, 2.75) is 43.9 Å². The van der Waals surface area contributed by atoms with Crippen molar-refractivity contribution in [3.8, 4) is 0 Å². The van der Waals surface area contributed by atoms with Crippen molar-refractivity contribution in [1.82, 2.24) is 0 Å². The van der Waals surface area contributed by atoms with Crippen LogP contribution in [0.15, 0.2) is 0 Å². The summed E-state index contributed by atoms with van der Waals surface area (Å²) in [6.07, 6.45) is -1.50. The standard InChI is InChI=1S/C8H16O5/c1-6(10)4-13-5(9)7(2,11)8(6,3)12/h5,9-12H,4H2,1-3H3/t5-,6-,7+,8+/m1/s1. The maximum Gasteiger partial charge on any atom is 0.186 e. The van der Waals surface area contributed by atoms with Crippen molar-refractivity contribution in [1.29, 1.82) is 0 Å². The van der Waals surface area contributed by atoms with Crippen LogP contribution >= 0.6 is 0 Å². The van der Waals surface area contributed by atoms with Gasteiger partial charge in [0.25, 0.3) is 0 Å². The number of aliphatic hydroxyl groups excluding tert-OH is 1. The van der Waals surface area contributed by atoms with Crippen LogP contribution in [-0.4, -0.2) is 50.1 Å². The molecule has 1 aliphatic rings. The van der Waals surface area contributed by atoms with E-state index in [1.165, 1.54) is 20.8 Å². The molecule has 78 valence electrons. The minimum atomic E-state index is -1.89. The molecule has 1 rings (SSSR count). The molecule has 4 atom stereocenters. The van der Waals surface area contributed by atoms with Crippen LogP contribution in [0, 0.1) is 0 Å². The third-order valence-electron chi connectivity index (χ3n) is 3.04. The first-order valence-corrected chi connectivity index (χ1v) is 4.10. The van der Waals surface area contributed by atoms with Crippen molar-refractivity contribution in [2.24, 2.45) is 0 Å². The van der Waals surface area contributed by atoms with Crippen molar-refractivity contribution >= 4 is 0 Å². The average Bonchev–Trinajstić information content (AvgIpc) is 1.97. The summed E-state index contributed by atoms with van der Waals surface area (Å²) in [6.45, 7) is 3.59. The van der Waals surface area contributed by atoms with E-state index in [1.807, 2.05) is 0 Å². The molecule has 0 amide bonds. The summed E-state index contributed by atoms with van der Waals surface area (Å²) >= 11 is 0. The van der Waals surface area contributed by atoms with Gasteiger partial charge in [0.1, 0.15) is 16.8 Å². The Morgan fingerprint density at radius 2 is 1.62 bits per heavy atom. The van der Waals surface area contributed by atoms with E-state index < -0.39 is 23.1 Å². The van der Waals surface area contributed by atoms with Crippen LogP contribution in [0.25, 0.3) is 0 Å². The maximum absolute atomic E-state index is 9.86. The summed E-state index contributed by atoms with van der Waals surface area (Å²) in [5, 5.41) is 38.6. The monoisotopic (exact) mass is 192 g/mol. The highest BCUT2D eigenvalue weighted by atomic mass is 16.6. The summed E-state index contributed by atoms with van der Waals surface area (Å²) < 4.78 is 4.74. The van der Waals surface area contributed by atoms with E-state index in [9.17, 15) is 20.4 Å². The summed E-state index contributed by atoms with van der Waals surface area (Å²) in [7, 11) is 0.